The lowest BCUT2D eigenvalue weighted by molar-refractivity contribution is -0.137. The molecule has 1 heterocycles. The Labute approximate surface area is 192 Å². The molecule has 6 nitrogen and oxygen atoms in total. The third kappa shape index (κ3) is 6.11. The number of amides is 3. The first-order valence-electron chi connectivity index (χ1n) is 12.2. The molecule has 3 rings (SSSR count). The Hall–Kier alpha value is -2.37. The highest BCUT2D eigenvalue weighted by atomic mass is 16.2. The lowest BCUT2D eigenvalue weighted by atomic mass is 9.87. The first-order valence-corrected chi connectivity index (χ1v) is 12.2. The average Bonchev–Trinajstić information content (AvgIpc) is 3.31. The van der Waals surface area contributed by atoms with Crippen LogP contribution in [0.1, 0.15) is 75.2 Å². The van der Waals surface area contributed by atoms with Crippen LogP contribution in [0.5, 0.6) is 0 Å². The van der Waals surface area contributed by atoms with Crippen molar-refractivity contribution in [2.45, 2.75) is 78.3 Å². The fraction of sp³-hybridized carbons (Fsp3) is 0.654. The van der Waals surface area contributed by atoms with Crippen molar-refractivity contribution in [2.24, 2.45) is 17.8 Å². The SMILES string of the molecule is Cc1cccc(C(=O)NC(C(=O)NC(C)C(C)C)C2CCN(C(=O)C3CCCC3)CC2)c1. The highest BCUT2D eigenvalue weighted by Gasteiger charge is 2.36. The molecule has 1 aliphatic heterocycles. The molecule has 2 unspecified atom stereocenters. The van der Waals surface area contributed by atoms with Crippen LogP contribution in [0.25, 0.3) is 0 Å². The summed E-state index contributed by atoms with van der Waals surface area (Å²) in [6, 6.07) is 6.83. The van der Waals surface area contributed by atoms with E-state index >= 15 is 0 Å². The number of rotatable bonds is 7. The monoisotopic (exact) mass is 441 g/mol. The smallest absolute Gasteiger partial charge is 0.251 e. The van der Waals surface area contributed by atoms with Gasteiger partial charge in [0.2, 0.25) is 11.8 Å². The lowest BCUT2D eigenvalue weighted by Gasteiger charge is -2.37. The molecule has 1 saturated carbocycles. The Balaban J connectivity index is 1.68. The maximum atomic E-state index is 13.2. The normalized spacial score (nSPS) is 19.6. The summed E-state index contributed by atoms with van der Waals surface area (Å²) < 4.78 is 0. The highest BCUT2D eigenvalue weighted by molar-refractivity contribution is 5.97. The van der Waals surface area contributed by atoms with Gasteiger partial charge in [-0.1, -0.05) is 44.4 Å². The summed E-state index contributed by atoms with van der Waals surface area (Å²) in [6.45, 7) is 9.39. The second-order valence-electron chi connectivity index (χ2n) is 10.0. The van der Waals surface area contributed by atoms with Crippen molar-refractivity contribution >= 4 is 17.7 Å². The van der Waals surface area contributed by atoms with Gasteiger partial charge >= 0.3 is 0 Å². The van der Waals surface area contributed by atoms with Gasteiger partial charge in [-0.3, -0.25) is 14.4 Å². The second-order valence-corrected chi connectivity index (χ2v) is 10.0. The summed E-state index contributed by atoms with van der Waals surface area (Å²) in [5.41, 5.74) is 1.57. The van der Waals surface area contributed by atoms with Gasteiger partial charge in [-0.2, -0.15) is 0 Å². The van der Waals surface area contributed by atoms with E-state index in [0.29, 0.717) is 24.6 Å². The predicted octanol–water partition coefficient (Wildman–Crippen LogP) is 3.68. The number of piperidine rings is 1. The van der Waals surface area contributed by atoms with Crippen LogP contribution in [-0.2, 0) is 9.59 Å². The van der Waals surface area contributed by atoms with Crippen LogP contribution in [-0.4, -0.2) is 47.8 Å². The number of carbonyl (C=O) groups excluding carboxylic acids is 3. The van der Waals surface area contributed by atoms with E-state index in [4.69, 9.17) is 0 Å². The summed E-state index contributed by atoms with van der Waals surface area (Å²) in [4.78, 5) is 40.9. The van der Waals surface area contributed by atoms with E-state index < -0.39 is 6.04 Å². The zero-order valence-corrected chi connectivity index (χ0v) is 20.0. The number of benzene rings is 1. The molecule has 1 aromatic carbocycles. The fourth-order valence-electron chi connectivity index (χ4n) is 4.77. The molecule has 6 heteroatoms. The Kier molecular flexibility index (Phi) is 8.32. The van der Waals surface area contributed by atoms with Gasteiger partial charge in [0.25, 0.3) is 5.91 Å². The quantitative estimate of drug-likeness (QED) is 0.677. The first-order chi connectivity index (χ1) is 15.3. The standard InChI is InChI=1S/C26H39N3O3/c1-17(2)19(4)27-25(31)23(28-24(30)22-11-7-8-18(3)16-22)20-12-14-29(15-13-20)26(32)21-9-5-6-10-21/h7-8,11,16-17,19-21,23H,5-6,9-10,12-15H2,1-4H3,(H,27,31)(H,28,30). The molecule has 1 saturated heterocycles. The molecule has 1 aliphatic carbocycles. The molecule has 2 N–H and O–H groups in total. The van der Waals surface area contributed by atoms with Crippen LogP contribution in [0.15, 0.2) is 24.3 Å². The van der Waals surface area contributed by atoms with Crippen LogP contribution in [0, 0.1) is 24.7 Å². The van der Waals surface area contributed by atoms with Gasteiger partial charge < -0.3 is 15.5 Å². The second kappa shape index (κ2) is 11.0. The van der Waals surface area contributed by atoms with Crippen molar-refractivity contribution in [3.05, 3.63) is 35.4 Å². The van der Waals surface area contributed by atoms with E-state index in [9.17, 15) is 14.4 Å². The fourth-order valence-corrected chi connectivity index (χ4v) is 4.77. The molecular formula is C26H39N3O3. The van der Waals surface area contributed by atoms with Gasteiger partial charge in [0.15, 0.2) is 0 Å². The largest absolute Gasteiger partial charge is 0.352 e. The molecular weight excluding hydrogens is 402 g/mol. The van der Waals surface area contributed by atoms with Crippen LogP contribution >= 0.6 is 0 Å². The maximum absolute atomic E-state index is 13.2. The number of carbonyl (C=O) groups is 3. The highest BCUT2D eigenvalue weighted by Crippen LogP contribution is 2.29. The Morgan fingerprint density at radius 3 is 2.22 bits per heavy atom. The van der Waals surface area contributed by atoms with Crippen LogP contribution in [0.3, 0.4) is 0 Å². The minimum absolute atomic E-state index is 0.00995. The molecule has 2 atom stereocenters. The summed E-state index contributed by atoms with van der Waals surface area (Å²) in [6.07, 6.45) is 5.75. The first kappa shape index (κ1) is 24.3. The summed E-state index contributed by atoms with van der Waals surface area (Å²) in [5, 5.41) is 6.11. The summed E-state index contributed by atoms with van der Waals surface area (Å²) in [7, 11) is 0. The average molecular weight is 442 g/mol. The van der Waals surface area contributed by atoms with E-state index in [2.05, 4.69) is 24.5 Å². The van der Waals surface area contributed by atoms with Crippen molar-refractivity contribution in [1.29, 1.82) is 0 Å². The number of nitrogens with one attached hydrogen (secondary N) is 2. The molecule has 32 heavy (non-hydrogen) atoms. The third-order valence-electron chi connectivity index (χ3n) is 7.25. The number of nitrogens with zero attached hydrogens (tertiary/aromatic N) is 1. The van der Waals surface area contributed by atoms with E-state index in [0.717, 1.165) is 44.1 Å². The summed E-state index contributed by atoms with van der Waals surface area (Å²) in [5.74, 6) is 0.412. The Morgan fingerprint density at radius 1 is 0.969 bits per heavy atom. The van der Waals surface area contributed by atoms with Crippen molar-refractivity contribution < 1.29 is 14.4 Å². The number of hydrogen-bond donors (Lipinski definition) is 2. The van der Waals surface area contributed by atoms with Crippen LogP contribution in [0.4, 0.5) is 0 Å². The van der Waals surface area contributed by atoms with E-state index in [1.165, 1.54) is 0 Å². The molecule has 2 fully saturated rings. The number of aryl methyl sites for hydroxylation is 1. The van der Waals surface area contributed by atoms with Crippen LogP contribution in [0.2, 0.25) is 0 Å². The van der Waals surface area contributed by atoms with E-state index in [1.807, 2.05) is 36.9 Å². The Morgan fingerprint density at radius 2 is 1.62 bits per heavy atom. The van der Waals surface area contributed by atoms with Crippen molar-refractivity contribution in [1.82, 2.24) is 15.5 Å². The zero-order valence-electron chi connectivity index (χ0n) is 20.0. The third-order valence-corrected chi connectivity index (χ3v) is 7.25. The van der Waals surface area contributed by atoms with Gasteiger partial charge in [0, 0.05) is 30.6 Å². The molecule has 0 bridgehead atoms. The zero-order chi connectivity index (χ0) is 23.3. The molecule has 176 valence electrons. The minimum Gasteiger partial charge on any atom is -0.352 e. The van der Waals surface area contributed by atoms with Crippen molar-refractivity contribution in [3.63, 3.8) is 0 Å². The van der Waals surface area contributed by atoms with Crippen molar-refractivity contribution in [3.8, 4) is 0 Å². The van der Waals surface area contributed by atoms with Gasteiger partial charge in [-0.25, -0.2) is 0 Å². The molecule has 0 spiro atoms. The molecule has 0 aromatic heterocycles. The van der Waals surface area contributed by atoms with Crippen molar-refractivity contribution in [2.75, 3.05) is 13.1 Å². The number of likely N-dealkylation sites (tertiary alicyclic amines) is 1. The van der Waals surface area contributed by atoms with Gasteiger partial charge in [0.05, 0.1) is 0 Å². The van der Waals surface area contributed by atoms with Gasteiger partial charge in [-0.15, -0.1) is 0 Å². The van der Waals surface area contributed by atoms with Crippen LogP contribution < -0.4 is 10.6 Å². The Bertz CT molecular complexity index is 808. The number of hydrogen-bond acceptors (Lipinski definition) is 3. The summed E-state index contributed by atoms with van der Waals surface area (Å²) >= 11 is 0. The molecule has 2 aliphatic rings. The van der Waals surface area contributed by atoms with Gasteiger partial charge in [-0.05, 0) is 63.5 Å². The lowest BCUT2D eigenvalue weighted by Crippen LogP contribution is -2.55. The minimum atomic E-state index is -0.604. The predicted molar refractivity (Wildman–Crippen MR) is 126 cm³/mol. The molecule has 0 radical (unpaired) electrons. The topological polar surface area (TPSA) is 78.5 Å². The molecule has 3 amide bonds. The molecule has 1 aromatic rings. The maximum Gasteiger partial charge on any atom is 0.251 e. The van der Waals surface area contributed by atoms with E-state index in [-0.39, 0.29) is 35.6 Å². The van der Waals surface area contributed by atoms with Gasteiger partial charge in [0.1, 0.15) is 6.04 Å². The van der Waals surface area contributed by atoms with E-state index in [1.54, 1.807) is 6.07 Å².